The van der Waals surface area contributed by atoms with Gasteiger partial charge < -0.3 is 10.1 Å². The molecule has 2 rings (SSSR count). The van der Waals surface area contributed by atoms with Crippen molar-refractivity contribution in [2.45, 2.75) is 40.7 Å². The lowest BCUT2D eigenvalue weighted by Crippen LogP contribution is -1.98. The number of hydrogen-bond donors (Lipinski definition) is 1. The Morgan fingerprint density at radius 3 is 2.75 bits per heavy atom. The number of aromatic nitrogens is 2. The number of nitrogens with one attached hydrogen (secondary N) is 1. The predicted octanol–water partition coefficient (Wildman–Crippen LogP) is 3.86. The van der Waals surface area contributed by atoms with E-state index in [2.05, 4.69) is 55.3 Å². The summed E-state index contributed by atoms with van der Waals surface area (Å²) in [5.74, 6) is 0.931. The number of rotatable bonds is 6. The molecule has 0 bridgehead atoms. The van der Waals surface area contributed by atoms with Crippen molar-refractivity contribution >= 4 is 16.5 Å². The highest BCUT2D eigenvalue weighted by atomic mass is 32.1. The van der Waals surface area contributed by atoms with Gasteiger partial charge in [-0.05, 0) is 49.9 Å². The molecule has 1 aromatic heterocycles. The monoisotopic (exact) mass is 291 g/mol. The van der Waals surface area contributed by atoms with Crippen molar-refractivity contribution in [2.75, 3.05) is 11.9 Å². The Bertz CT molecular complexity index is 580. The van der Waals surface area contributed by atoms with Crippen LogP contribution >= 0.6 is 11.3 Å². The molecule has 0 fully saturated rings. The first-order valence-corrected chi connectivity index (χ1v) is 7.68. The van der Waals surface area contributed by atoms with E-state index in [0.29, 0.717) is 6.61 Å². The summed E-state index contributed by atoms with van der Waals surface area (Å²) >= 11 is 1.55. The molecule has 0 radical (unpaired) electrons. The second kappa shape index (κ2) is 6.70. The Morgan fingerprint density at radius 1 is 1.20 bits per heavy atom. The van der Waals surface area contributed by atoms with Crippen LogP contribution in [0.5, 0.6) is 5.75 Å². The van der Waals surface area contributed by atoms with Gasteiger partial charge in [-0.2, -0.15) is 0 Å². The van der Waals surface area contributed by atoms with Gasteiger partial charge in [-0.1, -0.05) is 24.3 Å². The van der Waals surface area contributed by atoms with Gasteiger partial charge in [0.25, 0.3) is 0 Å². The van der Waals surface area contributed by atoms with Crippen molar-refractivity contribution in [1.29, 1.82) is 0 Å². The summed E-state index contributed by atoms with van der Waals surface area (Å²) in [6.45, 7) is 9.78. The first-order chi connectivity index (χ1) is 9.60. The Kier molecular flexibility index (Phi) is 4.95. The molecule has 1 heterocycles. The van der Waals surface area contributed by atoms with Crippen LogP contribution in [0.15, 0.2) is 12.1 Å². The van der Waals surface area contributed by atoms with Gasteiger partial charge in [0.15, 0.2) is 5.01 Å². The standard InChI is InChI=1S/C15H21N3OS/c1-5-6-16-15-18-17-14(20-15)9-19-13-8-10(2)7-11(3)12(13)4/h7-8H,5-6,9H2,1-4H3,(H,16,18). The number of hydrogen-bond acceptors (Lipinski definition) is 5. The molecular formula is C15H21N3OS. The highest BCUT2D eigenvalue weighted by Crippen LogP contribution is 2.25. The van der Waals surface area contributed by atoms with E-state index in [1.807, 2.05) is 0 Å². The van der Waals surface area contributed by atoms with Crippen LogP contribution in [0.3, 0.4) is 0 Å². The van der Waals surface area contributed by atoms with Crippen molar-refractivity contribution in [3.05, 3.63) is 33.8 Å². The smallest absolute Gasteiger partial charge is 0.205 e. The summed E-state index contributed by atoms with van der Waals surface area (Å²) in [4.78, 5) is 0. The maximum atomic E-state index is 5.88. The summed E-state index contributed by atoms with van der Waals surface area (Å²) in [6, 6.07) is 4.24. The Balaban J connectivity index is 2.00. The maximum absolute atomic E-state index is 5.88. The second-order valence-corrected chi connectivity index (χ2v) is 5.98. The highest BCUT2D eigenvalue weighted by Gasteiger charge is 2.07. The van der Waals surface area contributed by atoms with Crippen LogP contribution in [-0.4, -0.2) is 16.7 Å². The molecule has 1 aromatic carbocycles. The van der Waals surface area contributed by atoms with Gasteiger partial charge in [-0.3, -0.25) is 0 Å². The van der Waals surface area contributed by atoms with Gasteiger partial charge in [-0.15, -0.1) is 10.2 Å². The normalized spacial score (nSPS) is 10.6. The molecule has 0 aliphatic rings. The summed E-state index contributed by atoms with van der Waals surface area (Å²) in [6.07, 6.45) is 1.08. The zero-order valence-corrected chi connectivity index (χ0v) is 13.3. The molecule has 4 nitrogen and oxygen atoms in total. The van der Waals surface area contributed by atoms with Crippen molar-refractivity contribution in [3.63, 3.8) is 0 Å². The molecule has 20 heavy (non-hydrogen) atoms. The third-order valence-corrected chi connectivity index (χ3v) is 3.96. The zero-order chi connectivity index (χ0) is 14.5. The Labute approximate surface area is 124 Å². The van der Waals surface area contributed by atoms with Gasteiger partial charge in [0, 0.05) is 6.54 Å². The minimum atomic E-state index is 0.467. The highest BCUT2D eigenvalue weighted by molar-refractivity contribution is 7.15. The van der Waals surface area contributed by atoms with Crippen LogP contribution in [0.2, 0.25) is 0 Å². The molecule has 108 valence electrons. The fourth-order valence-electron chi connectivity index (χ4n) is 1.91. The Hall–Kier alpha value is -1.62. The molecule has 0 atom stereocenters. The quantitative estimate of drug-likeness (QED) is 0.877. The van der Waals surface area contributed by atoms with Crippen molar-refractivity contribution in [1.82, 2.24) is 10.2 Å². The molecule has 0 unspecified atom stereocenters. The van der Waals surface area contributed by atoms with Gasteiger partial charge in [0.05, 0.1) is 0 Å². The molecule has 0 aliphatic carbocycles. The number of ether oxygens (including phenoxy) is 1. The van der Waals surface area contributed by atoms with Crippen LogP contribution in [-0.2, 0) is 6.61 Å². The summed E-state index contributed by atoms with van der Waals surface area (Å²) in [5, 5.41) is 13.2. The fraction of sp³-hybridized carbons (Fsp3) is 0.467. The fourth-order valence-corrected chi connectivity index (χ4v) is 2.58. The van der Waals surface area contributed by atoms with Crippen LogP contribution in [0, 0.1) is 20.8 Å². The number of benzene rings is 1. The van der Waals surface area contributed by atoms with E-state index in [1.54, 1.807) is 11.3 Å². The lowest BCUT2D eigenvalue weighted by molar-refractivity contribution is 0.302. The molecule has 1 N–H and O–H groups in total. The summed E-state index contributed by atoms with van der Waals surface area (Å²) in [5.41, 5.74) is 3.65. The topological polar surface area (TPSA) is 47.0 Å². The lowest BCUT2D eigenvalue weighted by atomic mass is 10.1. The van der Waals surface area contributed by atoms with Crippen molar-refractivity contribution in [3.8, 4) is 5.75 Å². The maximum Gasteiger partial charge on any atom is 0.205 e. The molecule has 5 heteroatoms. The molecule has 2 aromatic rings. The van der Waals surface area contributed by atoms with E-state index in [-0.39, 0.29) is 0 Å². The van der Waals surface area contributed by atoms with E-state index in [4.69, 9.17) is 4.74 Å². The Morgan fingerprint density at radius 2 is 2.00 bits per heavy atom. The summed E-state index contributed by atoms with van der Waals surface area (Å²) in [7, 11) is 0. The average molecular weight is 291 g/mol. The van der Waals surface area contributed by atoms with Crippen LogP contribution in [0.4, 0.5) is 5.13 Å². The van der Waals surface area contributed by atoms with Crippen molar-refractivity contribution in [2.24, 2.45) is 0 Å². The molecular weight excluding hydrogens is 270 g/mol. The van der Waals surface area contributed by atoms with E-state index in [1.165, 1.54) is 16.7 Å². The first kappa shape index (κ1) is 14.8. The lowest BCUT2D eigenvalue weighted by Gasteiger charge is -2.11. The van der Waals surface area contributed by atoms with Crippen LogP contribution in [0.1, 0.15) is 35.0 Å². The van der Waals surface area contributed by atoms with Gasteiger partial charge in [0.1, 0.15) is 12.4 Å². The van der Waals surface area contributed by atoms with E-state index in [0.717, 1.165) is 28.9 Å². The van der Waals surface area contributed by atoms with Crippen LogP contribution in [0.25, 0.3) is 0 Å². The number of nitrogens with zero attached hydrogens (tertiary/aromatic N) is 2. The predicted molar refractivity (Wildman–Crippen MR) is 83.7 cm³/mol. The third kappa shape index (κ3) is 3.70. The zero-order valence-electron chi connectivity index (χ0n) is 12.5. The summed E-state index contributed by atoms with van der Waals surface area (Å²) < 4.78 is 5.88. The number of aryl methyl sites for hydroxylation is 2. The van der Waals surface area contributed by atoms with Gasteiger partial charge >= 0.3 is 0 Å². The van der Waals surface area contributed by atoms with E-state index >= 15 is 0 Å². The molecule has 0 aliphatic heterocycles. The SMILES string of the molecule is CCCNc1nnc(COc2cc(C)cc(C)c2C)s1. The van der Waals surface area contributed by atoms with Crippen molar-refractivity contribution < 1.29 is 4.74 Å². The van der Waals surface area contributed by atoms with E-state index < -0.39 is 0 Å². The minimum Gasteiger partial charge on any atom is -0.486 e. The van der Waals surface area contributed by atoms with Gasteiger partial charge in [0.2, 0.25) is 5.13 Å². The van der Waals surface area contributed by atoms with Crippen LogP contribution < -0.4 is 10.1 Å². The van der Waals surface area contributed by atoms with E-state index in [9.17, 15) is 0 Å². The average Bonchev–Trinajstić information content (AvgIpc) is 2.86. The van der Waals surface area contributed by atoms with Gasteiger partial charge in [-0.25, -0.2) is 0 Å². The first-order valence-electron chi connectivity index (χ1n) is 6.87. The molecule has 0 spiro atoms. The largest absolute Gasteiger partial charge is 0.486 e. The number of anilines is 1. The molecule has 0 saturated carbocycles. The molecule has 0 saturated heterocycles. The second-order valence-electron chi connectivity index (χ2n) is 4.92. The molecule has 0 amide bonds. The minimum absolute atomic E-state index is 0.467. The third-order valence-electron chi connectivity index (χ3n) is 3.11.